The molecule has 498 valence electrons. The van der Waals surface area contributed by atoms with Crippen LogP contribution in [0.15, 0.2) is 93.8 Å². The second-order valence-electron chi connectivity index (χ2n) is 20.5. The number of hydrogen-bond donors (Lipinski definition) is 11. The zero-order chi connectivity index (χ0) is 68.0. The summed E-state index contributed by atoms with van der Waals surface area (Å²) in [4.78, 5) is 138. The van der Waals surface area contributed by atoms with Gasteiger partial charge in [0.05, 0.1) is 73.5 Å². The monoisotopic (exact) mass is 1310 g/mol. The second-order valence-corrected chi connectivity index (χ2v) is 20.8. The van der Waals surface area contributed by atoms with Crippen molar-refractivity contribution in [2.75, 3.05) is 69.6 Å². The van der Waals surface area contributed by atoms with Crippen molar-refractivity contribution in [3.05, 3.63) is 101 Å². The Kier molecular flexibility index (Phi) is 29.5. The molecule has 3 amide bonds. The molecule has 0 saturated heterocycles. The molecule has 0 aliphatic rings. The molecule has 0 saturated carbocycles. The highest BCUT2D eigenvalue weighted by Crippen LogP contribution is 2.23. The highest BCUT2D eigenvalue weighted by atomic mass is 35.5. The van der Waals surface area contributed by atoms with Gasteiger partial charge in [-0.25, -0.2) is 19.7 Å². The number of rotatable bonds is 41. The number of carboxylic acid groups (broad SMARTS) is 5. The Morgan fingerprint density at radius 1 is 0.591 bits per heavy atom. The molecule has 0 bridgehead atoms. The number of aliphatic hydroxyl groups is 1. The van der Waals surface area contributed by atoms with E-state index >= 15 is 0 Å². The van der Waals surface area contributed by atoms with E-state index in [2.05, 4.69) is 66.5 Å². The van der Waals surface area contributed by atoms with Crippen LogP contribution in [0, 0.1) is 0 Å². The molecule has 35 heteroatoms. The summed E-state index contributed by atoms with van der Waals surface area (Å²) >= 11 is 6.20. The maximum atomic E-state index is 13.3. The standard InChI is InChI=1S/C58H71ClN16O18/c1-33(77)62-24-46(79)68-42(52(88)63-26-48(81)70-44(32-76)53(89)64-25-47(80)69-43(54(90)91)23-34-17-19-37(78)20-18-34)11-2-4-21-60-57-71-56(59)72-58(73-57)61-22-5-3-16-45(55(92)93)75(31-51(86)87)28-36-10-7-13-39(66-36)41-15-8-14-40(67-41)38-12-6-9-35(65-38)27-74(29-49(82)83)30-50(84)85/h6-10,12-15,17-20,42-45,76,78H,2-5,11,16,21-32H2,1H3,(H,62,77)(H,63,88)(H,64,89)(H,68,79)(H,69,80)(H,70,81)(H,82,83)(H,84,85)(H,86,87)(H,90,91)(H,92,93)(H2,60,61,71,72,73)/p-4/t42-,43-,44-,45?/m0/s1. The molecule has 0 fully saturated rings. The van der Waals surface area contributed by atoms with Gasteiger partial charge in [-0.2, -0.15) is 15.0 Å². The zero-order valence-corrected chi connectivity index (χ0v) is 50.7. The van der Waals surface area contributed by atoms with Crippen LogP contribution in [0.1, 0.15) is 62.4 Å². The normalized spacial score (nSPS) is 13.1. The number of unbranched alkanes of at least 4 members (excludes halogenated alkanes) is 2. The summed E-state index contributed by atoms with van der Waals surface area (Å²) in [7, 11) is 0. The minimum atomic E-state index is -1.64. The number of carboxylic acids is 5. The number of benzene rings is 1. The highest BCUT2D eigenvalue weighted by molar-refractivity contribution is 6.28. The maximum Gasteiger partial charge on any atom is 0.328 e. The molecule has 4 aromatic heterocycles. The van der Waals surface area contributed by atoms with Gasteiger partial charge in [-0.15, -0.1) is 5.75 Å². The van der Waals surface area contributed by atoms with Gasteiger partial charge < -0.3 is 82.6 Å². The maximum absolute atomic E-state index is 13.3. The van der Waals surface area contributed by atoms with E-state index in [1.807, 2.05) is 0 Å². The van der Waals surface area contributed by atoms with Crippen LogP contribution in [-0.4, -0.2) is 219 Å². The number of hydrogen-bond acceptors (Lipinski definition) is 26. The largest absolute Gasteiger partial charge is 0.872 e. The Hall–Kier alpha value is -10.6. The number of aromatic nitrogens is 6. The number of aliphatic hydroxyl groups excluding tert-OH is 1. The fraction of sp³-hybridized carbons (Fsp3) is 0.397. The van der Waals surface area contributed by atoms with Crippen LogP contribution >= 0.6 is 11.6 Å². The van der Waals surface area contributed by atoms with E-state index in [4.69, 9.17) is 16.6 Å². The smallest absolute Gasteiger partial charge is 0.328 e. The van der Waals surface area contributed by atoms with Crippen LogP contribution in [0.5, 0.6) is 5.75 Å². The third-order valence-electron chi connectivity index (χ3n) is 13.1. The number of nitrogens with zero attached hydrogens (tertiary/aromatic N) is 11. The number of amides is 3. The Morgan fingerprint density at radius 3 is 1.66 bits per heavy atom. The van der Waals surface area contributed by atoms with Gasteiger partial charge in [-0.05, 0) is 117 Å². The molecule has 0 radical (unpaired) electrons. The predicted molar refractivity (Wildman–Crippen MR) is 323 cm³/mol. The fourth-order valence-corrected chi connectivity index (χ4v) is 8.95. The third-order valence-corrected chi connectivity index (χ3v) is 13.2. The van der Waals surface area contributed by atoms with Crippen LogP contribution < -0.4 is 47.0 Å². The van der Waals surface area contributed by atoms with Crippen LogP contribution in [0.2, 0.25) is 5.28 Å². The molecule has 0 aliphatic heterocycles. The van der Waals surface area contributed by atoms with Crippen molar-refractivity contribution in [1.29, 1.82) is 0 Å². The van der Waals surface area contributed by atoms with Gasteiger partial charge in [-0.1, -0.05) is 42.5 Å². The molecule has 4 heterocycles. The van der Waals surface area contributed by atoms with Crippen molar-refractivity contribution < 1.29 is 89.4 Å². The molecule has 4 atom stereocenters. The number of anilines is 2. The molecule has 5 rings (SSSR count). The van der Waals surface area contributed by atoms with E-state index in [0.717, 1.165) is 6.92 Å². The first-order valence-electron chi connectivity index (χ1n) is 28.6. The number of halogens is 1. The lowest BCUT2D eigenvalue weighted by Gasteiger charge is -2.27. The molecule has 5 aromatic rings. The number of pyridine rings is 3. The van der Waals surface area contributed by atoms with Gasteiger partial charge in [0.25, 0.3) is 0 Å². The van der Waals surface area contributed by atoms with Gasteiger partial charge in [0.15, 0.2) is 0 Å². The summed E-state index contributed by atoms with van der Waals surface area (Å²) < 4.78 is 0. The first kappa shape index (κ1) is 73.2. The summed E-state index contributed by atoms with van der Waals surface area (Å²) in [5, 5.41) is 118. The van der Waals surface area contributed by atoms with E-state index in [0.29, 0.717) is 59.0 Å². The summed E-state index contributed by atoms with van der Waals surface area (Å²) in [6.07, 6.45) is 0.948. The summed E-state index contributed by atoms with van der Waals surface area (Å²) in [6.45, 7) is -3.58. The van der Waals surface area contributed by atoms with Crippen LogP contribution in [-0.2, 0) is 57.9 Å². The van der Waals surface area contributed by atoms with E-state index in [-0.39, 0.29) is 74.8 Å². The average molecular weight is 1310 g/mol. The average Bonchev–Trinajstić information content (AvgIpc) is 1.05. The second kappa shape index (κ2) is 37.5. The molecule has 1 unspecified atom stereocenters. The van der Waals surface area contributed by atoms with Crippen molar-refractivity contribution in [1.82, 2.24) is 55.7 Å². The van der Waals surface area contributed by atoms with Crippen LogP contribution in [0.3, 0.4) is 0 Å². The van der Waals surface area contributed by atoms with Gasteiger partial charge in [0.2, 0.25) is 34.9 Å². The van der Waals surface area contributed by atoms with Crippen molar-refractivity contribution in [2.45, 2.75) is 89.1 Å². The molecule has 1 aromatic carbocycles. The van der Waals surface area contributed by atoms with Gasteiger partial charge in [0.1, 0.15) is 24.2 Å². The van der Waals surface area contributed by atoms with Gasteiger partial charge in [0, 0.05) is 39.1 Å². The molecule has 11 N–H and O–H groups in total. The minimum absolute atomic E-state index is 0.0302. The quantitative estimate of drug-likeness (QED) is 0.0108. The summed E-state index contributed by atoms with van der Waals surface area (Å²) in [6, 6.07) is 14.4. The van der Waals surface area contributed by atoms with Crippen molar-refractivity contribution in [3.63, 3.8) is 0 Å². The molecule has 93 heavy (non-hydrogen) atoms. The molecule has 0 spiro atoms. The van der Waals surface area contributed by atoms with Crippen molar-refractivity contribution >= 4 is 88.8 Å². The fourth-order valence-electron chi connectivity index (χ4n) is 8.79. The summed E-state index contributed by atoms with van der Waals surface area (Å²) in [5.41, 5.74) is 2.77. The number of aliphatic imine (C=N–C) groups is 3. The molecular formula is C58H67ClN16O18-4. The van der Waals surface area contributed by atoms with Crippen molar-refractivity contribution in [3.8, 4) is 28.5 Å². The van der Waals surface area contributed by atoms with Gasteiger partial charge in [-0.3, -0.25) is 53.3 Å². The first-order valence-corrected chi connectivity index (χ1v) is 29.0. The highest BCUT2D eigenvalue weighted by Gasteiger charge is 2.28. The summed E-state index contributed by atoms with van der Waals surface area (Å²) in [5.74, 6) is -12.2. The lowest BCUT2D eigenvalue weighted by molar-refractivity contribution is -0.268. The molecule has 34 nitrogen and oxygen atoms in total. The van der Waals surface area contributed by atoms with E-state index in [1.54, 1.807) is 54.6 Å². The van der Waals surface area contributed by atoms with E-state index in [9.17, 15) is 89.4 Å². The Bertz CT molecular complexity index is 3470. The number of carbonyl (C=O) groups excluding carboxylic acids is 3. The Morgan fingerprint density at radius 2 is 1.12 bits per heavy atom. The van der Waals surface area contributed by atoms with E-state index < -0.39 is 135 Å². The molecular weight excluding hydrogens is 1240 g/mol. The number of aliphatic carboxylic acids is 5. The predicted octanol–water partition coefficient (Wildman–Crippen LogP) is -2.64. The number of nitrogens with one attached hydrogen (secondary N) is 5. The van der Waals surface area contributed by atoms with E-state index in [1.165, 1.54) is 34.1 Å². The SMILES string of the molecule is CC([O-])=NCC([O-])=N[C@@H](CCCCNc1nc(Cl)nc(NCCCCC(C(=O)O)N(CC(=O)O)Cc2cccc(-c3cccc(-c4cccc(CN(CC(=O)O)CC(=O)O)n4)n3)n2)n1)C(=O)NCC(=O)N[C@@H](CO)C(=O)NCC([O-])=N[C@@H](Cc1ccc([O-])cc1)C(=O)O. The first-order chi connectivity index (χ1) is 44.3. The van der Waals surface area contributed by atoms with Crippen LogP contribution in [0.25, 0.3) is 22.8 Å². The van der Waals surface area contributed by atoms with Crippen LogP contribution in [0.4, 0.5) is 11.9 Å². The molecule has 0 aliphatic carbocycles. The Labute approximate surface area is 535 Å². The number of carbonyl (C=O) groups is 8. The lowest BCUT2D eigenvalue weighted by Crippen LogP contribution is -2.53. The lowest BCUT2D eigenvalue weighted by atomic mass is 10.1. The minimum Gasteiger partial charge on any atom is -0.872 e. The topological polar surface area (TPSA) is 531 Å². The van der Waals surface area contributed by atoms with Crippen molar-refractivity contribution in [2.24, 2.45) is 15.0 Å². The Balaban J connectivity index is 1.10. The third kappa shape index (κ3) is 26.8. The van der Waals surface area contributed by atoms with Gasteiger partial charge >= 0.3 is 29.8 Å². The zero-order valence-electron chi connectivity index (χ0n) is 49.9.